The topological polar surface area (TPSA) is 95.6 Å². The van der Waals surface area contributed by atoms with Crippen molar-refractivity contribution in [3.8, 4) is 0 Å². The summed E-state index contributed by atoms with van der Waals surface area (Å²) in [6.07, 6.45) is 1.04. The van der Waals surface area contributed by atoms with E-state index in [4.69, 9.17) is 11.6 Å². The Kier molecular flexibility index (Phi) is 6.99. The average molecular weight is 362 g/mol. The molecular formula is C14H20ClN3O4S. The van der Waals surface area contributed by atoms with Crippen LogP contribution in [-0.2, 0) is 14.6 Å². The highest BCUT2D eigenvalue weighted by molar-refractivity contribution is 7.90. The Morgan fingerprint density at radius 3 is 2.39 bits per heavy atom. The van der Waals surface area contributed by atoms with Crippen LogP contribution in [0.1, 0.15) is 16.8 Å². The van der Waals surface area contributed by atoms with Crippen molar-refractivity contribution in [2.75, 3.05) is 26.1 Å². The van der Waals surface area contributed by atoms with Crippen LogP contribution in [0.4, 0.5) is 0 Å². The molecule has 0 radical (unpaired) electrons. The molecule has 0 fully saturated rings. The summed E-state index contributed by atoms with van der Waals surface area (Å²) in [6.45, 7) is 0. The number of halogens is 1. The van der Waals surface area contributed by atoms with Gasteiger partial charge >= 0.3 is 0 Å². The van der Waals surface area contributed by atoms with Crippen molar-refractivity contribution in [2.24, 2.45) is 0 Å². The molecule has 0 saturated carbocycles. The summed E-state index contributed by atoms with van der Waals surface area (Å²) in [7, 11) is -0.0357. The zero-order valence-electron chi connectivity index (χ0n) is 13.2. The van der Waals surface area contributed by atoms with E-state index in [1.165, 1.54) is 11.1 Å². The second-order valence-electron chi connectivity index (χ2n) is 5.29. The van der Waals surface area contributed by atoms with E-state index in [1.54, 1.807) is 32.3 Å². The van der Waals surface area contributed by atoms with Crippen LogP contribution in [0, 0.1) is 0 Å². The monoisotopic (exact) mass is 361 g/mol. The molecule has 1 rings (SSSR count). The molecule has 7 nitrogen and oxygen atoms in total. The Balaban J connectivity index is 2.89. The summed E-state index contributed by atoms with van der Waals surface area (Å²) in [5, 5.41) is 4.19. The highest BCUT2D eigenvalue weighted by atomic mass is 35.5. The van der Waals surface area contributed by atoms with Gasteiger partial charge in [-0.1, -0.05) is 23.7 Å². The molecule has 128 valence electrons. The van der Waals surface area contributed by atoms with Gasteiger partial charge < -0.3 is 5.32 Å². The molecule has 0 aliphatic carbocycles. The fraction of sp³-hybridized carbons (Fsp3) is 0.429. The summed E-state index contributed by atoms with van der Waals surface area (Å²) in [6, 6.07) is 5.42. The molecule has 0 unspecified atom stereocenters. The maximum absolute atomic E-state index is 12.3. The molecule has 0 spiro atoms. The van der Waals surface area contributed by atoms with Crippen LogP contribution in [0.2, 0.25) is 5.02 Å². The predicted octanol–water partition coefficient (Wildman–Crippen LogP) is 0.466. The first-order valence-corrected chi connectivity index (χ1v) is 9.25. The van der Waals surface area contributed by atoms with E-state index < -0.39 is 27.7 Å². The van der Waals surface area contributed by atoms with Gasteiger partial charge in [-0.15, -0.1) is 0 Å². The van der Waals surface area contributed by atoms with Gasteiger partial charge in [0.15, 0.2) is 0 Å². The summed E-state index contributed by atoms with van der Waals surface area (Å²) < 4.78 is 22.6. The van der Waals surface area contributed by atoms with Crippen LogP contribution in [0.5, 0.6) is 0 Å². The lowest BCUT2D eigenvalue weighted by Crippen LogP contribution is -2.51. The lowest BCUT2D eigenvalue weighted by Gasteiger charge is -2.21. The van der Waals surface area contributed by atoms with Gasteiger partial charge in [0, 0.05) is 20.4 Å². The first-order chi connectivity index (χ1) is 10.6. The molecule has 23 heavy (non-hydrogen) atoms. The largest absolute Gasteiger partial charge is 0.340 e. The molecular weight excluding hydrogens is 342 g/mol. The lowest BCUT2D eigenvalue weighted by atomic mass is 10.1. The second kappa shape index (κ2) is 8.28. The van der Waals surface area contributed by atoms with E-state index in [2.05, 4.69) is 10.7 Å². The van der Waals surface area contributed by atoms with Crippen molar-refractivity contribution in [3.63, 3.8) is 0 Å². The van der Waals surface area contributed by atoms with Gasteiger partial charge in [-0.3, -0.25) is 15.0 Å². The van der Waals surface area contributed by atoms with Crippen molar-refractivity contribution in [3.05, 3.63) is 34.9 Å². The molecule has 9 heteroatoms. The van der Waals surface area contributed by atoms with Crippen LogP contribution >= 0.6 is 11.6 Å². The number of carbonyl (C=O) groups excluding carboxylic acids is 2. The number of benzene rings is 1. The van der Waals surface area contributed by atoms with Crippen molar-refractivity contribution in [2.45, 2.75) is 12.5 Å². The van der Waals surface area contributed by atoms with Crippen LogP contribution < -0.4 is 10.7 Å². The molecule has 2 amide bonds. The number of hydrogen-bond acceptors (Lipinski definition) is 5. The third-order valence-corrected chi connectivity index (χ3v) is 4.16. The predicted molar refractivity (Wildman–Crippen MR) is 88.9 cm³/mol. The second-order valence-corrected chi connectivity index (χ2v) is 7.96. The third-order valence-electron chi connectivity index (χ3n) is 2.85. The van der Waals surface area contributed by atoms with E-state index >= 15 is 0 Å². The van der Waals surface area contributed by atoms with Crippen molar-refractivity contribution in [1.29, 1.82) is 0 Å². The molecule has 0 aliphatic heterocycles. The van der Waals surface area contributed by atoms with Gasteiger partial charge in [-0.25, -0.2) is 13.4 Å². The fourth-order valence-electron chi connectivity index (χ4n) is 1.78. The van der Waals surface area contributed by atoms with Crippen LogP contribution in [0.15, 0.2) is 24.3 Å². The summed E-state index contributed by atoms with van der Waals surface area (Å²) in [5.41, 5.74) is 2.72. The van der Waals surface area contributed by atoms with Gasteiger partial charge in [0.2, 0.25) is 0 Å². The number of amides is 2. The molecule has 2 N–H and O–H groups in total. The molecule has 1 aromatic carbocycles. The number of hydrazine groups is 1. The Morgan fingerprint density at radius 2 is 1.87 bits per heavy atom. The zero-order chi connectivity index (χ0) is 17.6. The van der Waals surface area contributed by atoms with Crippen LogP contribution in [0.25, 0.3) is 0 Å². The SMILES string of the molecule is CN(C)NC(=O)[C@@H](CCS(C)(=O)=O)NC(=O)c1ccccc1Cl. The number of rotatable bonds is 7. The Hall–Kier alpha value is -1.64. The molecule has 0 aliphatic rings. The molecule has 1 aromatic rings. The summed E-state index contributed by atoms with van der Waals surface area (Å²) in [5.74, 6) is -1.26. The number of hydrogen-bond donors (Lipinski definition) is 2. The Labute approximate surface area is 140 Å². The lowest BCUT2D eigenvalue weighted by molar-refractivity contribution is -0.126. The van der Waals surface area contributed by atoms with E-state index in [1.807, 2.05) is 0 Å². The first kappa shape index (κ1) is 19.4. The normalized spacial score (nSPS) is 12.7. The Bertz CT molecular complexity index is 676. The Morgan fingerprint density at radius 1 is 1.26 bits per heavy atom. The summed E-state index contributed by atoms with van der Waals surface area (Å²) >= 11 is 5.95. The quantitative estimate of drug-likeness (QED) is 0.688. The number of nitrogens with zero attached hydrogens (tertiary/aromatic N) is 1. The molecule has 0 bridgehead atoms. The van der Waals surface area contributed by atoms with E-state index in [0.29, 0.717) is 0 Å². The number of carbonyl (C=O) groups is 2. The maximum Gasteiger partial charge on any atom is 0.256 e. The highest BCUT2D eigenvalue weighted by Gasteiger charge is 2.24. The van der Waals surface area contributed by atoms with Gasteiger partial charge in [-0.05, 0) is 18.6 Å². The molecule has 0 saturated heterocycles. The zero-order valence-corrected chi connectivity index (χ0v) is 14.7. The fourth-order valence-corrected chi connectivity index (χ4v) is 2.67. The minimum atomic E-state index is -3.26. The first-order valence-electron chi connectivity index (χ1n) is 6.81. The van der Waals surface area contributed by atoms with E-state index in [9.17, 15) is 18.0 Å². The number of sulfone groups is 1. The van der Waals surface area contributed by atoms with Crippen molar-refractivity contribution >= 4 is 33.3 Å². The van der Waals surface area contributed by atoms with E-state index in [-0.39, 0.29) is 22.8 Å². The van der Waals surface area contributed by atoms with Crippen LogP contribution in [0.3, 0.4) is 0 Å². The standard InChI is InChI=1S/C14H20ClN3O4S/c1-18(2)17-14(20)12(8-9-23(3,21)22)16-13(19)10-6-4-5-7-11(10)15/h4-7,12H,8-9H2,1-3H3,(H,16,19)(H,17,20)/t12-/m1/s1. The van der Waals surface area contributed by atoms with Crippen molar-refractivity contribution in [1.82, 2.24) is 15.8 Å². The van der Waals surface area contributed by atoms with Crippen LogP contribution in [-0.4, -0.2) is 57.4 Å². The highest BCUT2D eigenvalue weighted by Crippen LogP contribution is 2.15. The maximum atomic E-state index is 12.3. The molecule has 0 aromatic heterocycles. The summed E-state index contributed by atoms with van der Waals surface area (Å²) in [4.78, 5) is 24.4. The number of nitrogens with one attached hydrogen (secondary N) is 2. The van der Waals surface area contributed by atoms with Gasteiger partial charge in [0.1, 0.15) is 15.9 Å². The molecule has 1 atom stereocenters. The van der Waals surface area contributed by atoms with Gasteiger partial charge in [0.25, 0.3) is 11.8 Å². The smallest absolute Gasteiger partial charge is 0.256 e. The average Bonchev–Trinajstić information content (AvgIpc) is 2.41. The van der Waals surface area contributed by atoms with Gasteiger partial charge in [-0.2, -0.15) is 0 Å². The minimum absolute atomic E-state index is 0.0330. The van der Waals surface area contributed by atoms with Crippen molar-refractivity contribution < 1.29 is 18.0 Å². The molecule has 0 heterocycles. The van der Waals surface area contributed by atoms with Gasteiger partial charge in [0.05, 0.1) is 16.3 Å². The third kappa shape index (κ3) is 6.98. The minimum Gasteiger partial charge on any atom is -0.340 e. The van der Waals surface area contributed by atoms with E-state index in [0.717, 1.165) is 6.26 Å².